The van der Waals surface area contributed by atoms with Crippen LogP contribution in [0.15, 0.2) is 48.2 Å². The minimum absolute atomic E-state index is 0.544. The van der Waals surface area contributed by atoms with E-state index in [4.69, 9.17) is 0 Å². The lowest BCUT2D eigenvalue weighted by Crippen LogP contribution is -2.04. The molecule has 0 bridgehead atoms. The molecule has 21 heavy (non-hydrogen) atoms. The van der Waals surface area contributed by atoms with E-state index < -0.39 is 6.10 Å². The summed E-state index contributed by atoms with van der Waals surface area (Å²) in [6.45, 7) is 0. The molecule has 0 amide bonds. The first-order valence-corrected chi connectivity index (χ1v) is 7.82. The SMILES string of the molecule is OC(/C1=C/CCCCCC1)c1cn[nH]c1-c1ccccc1. The summed E-state index contributed by atoms with van der Waals surface area (Å²) in [5, 5.41) is 17.9. The number of benzene rings is 1. The highest BCUT2D eigenvalue weighted by atomic mass is 16.3. The predicted molar refractivity (Wildman–Crippen MR) is 84.8 cm³/mol. The molecular weight excluding hydrogens is 260 g/mol. The molecule has 0 spiro atoms. The fourth-order valence-electron chi connectivity index (χ4n) is 3.00. The van der Waals surface area contributed by atoms with Crippen LogP contribution in [0.4, 0.5) is 0 Å². The standard InChI is InChI=1S/C18H22N2O/c21-18(15-11-5-2-1-3-6-12-15)16-13-19-20-17(16)14-9-7-4-8-10-14/h4,7-11,13,18,21H,1-3,5-6,12H2,(H,19,20)/b15-11+. The number of nitrogens with zero attached hydrogens (tertiary/aromatic N) is 1. The number of aliphatic hydroxyl groups is 1. The van der Waals surface area contributed by atoms with Crippen molar-refractivity contribution < 1.29 is 5.11 Å². The second-order valence-corrected chi connectivity index (χ2v) is 5.70. The number of aromatic nitrogens is 2. The second-order valence-electron chi connectivity index (χ2n) is 5.70. The zero-order valence-electron chi connectivity index (χ0n) is 12.3. The molecule has 2 N–H and O–H groups in total. The maximum Gasteiger partial charge on any atom is 0.104 e. The van der Waals surface area contributed by atoms with Crippen molar-refractivity contribution >= 4 is 0 Å². The summed E-state index contributed by atoms with van der Waals surface area (Å²) in [5.74, 6) is 0. The number of hydrogen-bond acceptors (Lipinski definition) is 2. The van der Waals surface area contributed by atoms with Crippen molar-refractivity contribution in [3.05, 3.63) is 53.7 Å². The highest BCUT2D eigenvalue weighted by Gasteiger charge is 2.19. The highest BCUT2D eigenvalue weighted by molar-refractivity contribution is 5.63. The summed E-state index contributed by atoms with van der Waals surface area (Å²) in [4.78, 5) is 0. The lowest BCUT2D eigenvalue weighted by atomic mass is 9.92. The minimum Gasteiger partial charge on any atom is -0.384 e. The summed E-state index contributed by atoms with van der Waals surface area (Å²) >= 11 is 0. The van der Waals surface area contributed by atoms with Gasteiger partial charge in [-0.15, -0.1) is 0 Å². The van der Waals surface area contributed by atoms with Crippen LogP contribution >= 0.6 is 0 Å². The summed E-state index contributed by atoms with van der Waals surface area (Å²) in [6.07, 6.45) is 10.5. The number of nitrogens with one attached hydrogen (secondary N) is 1. The van der Waals surface area contributed by atoms with E-state index in [1.165, 1.54) is 25.7 Å². The first-order valence-electron chi connectivity index (χ1n) is 7.82. The van der Waals surface area contributed by atoms with Crippen molar-refractivity contribution in [2.75, 3.05) is 0 Å². The van der Waals surface area contributed by atoms with Crippen LogP contribution in [0.2, 0.25) is 0 Å². The molecule has 2 aromatic rings. The van der Waals surface area contributed by atoms with Crippen LogP contribution in [0.3, 0.4) is 0 Å². The number of allylic oxidation sites excluding steroid dienone is 1. The summed E-state index contributed by atoms with van der Waals surface area (Å²) in [5.41, 5.74) is 4.02. The molecule has 0 saturated heterocycles. The highest BCUT2D eigenvalue weighted by Crippen LogP contribution is 2.33. The lowest BCUT2D eigenvalue weighted by molar-refractivity contribution is 0.210. The molecule has 0 radical (unpaired) electrons. The molecule has 1 atom stereocenters. The Kier molecular flexibility index (Phi) is 4.51. The van der Waals surface area contributed by atoms with Crippen molar-refractivity contribution in [3.8, 4) is 11.3 Å². The molecule has 0 fully saturated rings. The van der Waals surface area contributed by atoms with Gasteiger partial charge in [0.1, 0.15) is 6.10 Å². The Hall–Kier alpha value is -1.87. The molecule has 0 aliphatic heterocycles. The molecule has 1 aliphatic rings. The van der Waals surface area contributed by atoms with E-state index in [0.717, 1.165) is 35.2 Å². The van der Waals surface area contributed by atoms with Crippen LogP contribution in [0.1, 0.15) is 50.2 Å². The van der Waals surface area contributed by atoms with Gasteiger partial charge in [0, 0.05) is 5.56 Å². The van der Waals surface area contributed by atoms with E-state index in [2.05, 4.69) is 16.3 Å². The van der Waals surface area contributed by atoms with Crippen molar-refractivity contribution in [1.82, 2.24) is 10.2 Å². The zero-order valence-corrected chi connectivity index (χ0v) is 12.3. The maximum absolute atomic E-state index is 10.8. The molecule has 110 valence electrons. The molecule has 0 saturated carbocycles. The quantitative estimate of drug-likeness (QED) is 0.820. The Morgan fingerprint density at radius 2 is 1.86 bits per heavy atom. The molecule has 1 aliphatic carbocycles. The van der Waals surface area contributed by atoms with Gasteiger partial charge >= 0.3 is 0 Å². The smallest absolute Gasteiger partial charge is 0.104 e. The predicted octanol–water partition coefficient (Wildman–Crippen LogP) is 4.39. The minimum atomic E-state index is -0.544. The number of rotatable bonds is 3. The van der Waals surface area contributed by atoms with E-state index in [-0.39, 0.29) is 0 Å². The zero-order chi connectivity index (χ0) is 14.5. The third kappa shape index (κ3) is 3.24. The van der Waals surface area contributed by atoms with Gasteiger partial charge in [0.25, 0.3) is 0 Å². The largest absolute Gasteiger partial charge is 0.384 e. The average Bonchev–Trinajstić information content (AvgIpc) is 2.96. The molecular formula is C18H22N2O. The van der Waals surface area contributed by atoms with Gasteiger partial charge in [-0.25, -0.2) is 0 Å². The Balaban J connectivity index is 1.88. The lowest BCUT2D eigenvalue weighted by Gasteiger charge is -2.17. The van der Waals surface area contributed by atoms with Crippen LogP contribution < -0.4 is 0 Å². The summed E-state index contributed by atoms with van der Waals surface area (Å²) < 4.78 is 0. The molecule has 1 heterocycles. The van der Waals surface area contributed by atoms with Gasteiger partial charge in [-0.2, -0.15) is 5.10 Å². The Bertz CT molecular complexity index is 601. The van der Waals surface area contributed by atoms with Crippen molar-refractivity contribution in [3.63, 3.8) is 0 Å². The number of aliphatic hydroxyl groups excluding tert-OH is 1. The van der Waals surface area contributed by atoms with Crippen molar-refractivity contribution in [2.24, 2.45) is 0 Å². The Labute approximate surface area is 125 Å². The van der Waals surface area contributed by atoms with Crippen LogP contribution in [-0.4, -0.2) is 15.3 Å². The normalized spacial score (nSPS) is 20.1. The first-order chi connectivity index (χ1) is 10.4. The third-order valence-corrected chi connectivity index (χ3v) is 4.20. The molecule has 3 heteroatoms. The van der Waals surface area contributed by atoms with Gasteiger partial charge in [-0.3, -0.25) is 5.10 Å². The van der Waals surface area contributed by atoms with Gasteiger partial charge in [0.2, 0.25) is 0 Å². The van der Waals surface area contributed by atoms with Crippen LogP contribution in [-0.2, 0) is 0 Å². The average molecular weight is 282 g/mol. The third-order valence-electron chi connectivity index (χ3n) is 4.20. The van der Waals surface area contributed by atoms with E-state index in [1.807, 2.05) is 30.3 Å². The van der Waals surface area contributed by atoms with E-state index in [9.17, 15) is 5.11 Å². The van der Waals surface area contributed by atoms with Gasteiger partial charge in [-0.1, -0.05) is 49.2 Å². The van der Waals surface area contributed by atoms with Crippen molar-refractivity contribution in [1.29, 1.82) is 0 Å². The van der Waals surface area contributed by atoms with Gasteiger partial charge in [0.05, 0.1) is 11.9 Å². The first kappa shape index (κ1) is 14.1. The van der Waals surface area contributed by atoms with Gasteiger partial charge in [0.15, 0.2) is 0 Å². The van der Waals surface area contributed by atoms with Crippen LogP contribution in [0, 0.1) is 0 Å². The van der Waals surface area contributed by atoms with E-state index in [0.29, 0.717) is 0 Å². The number of aromatic amines is 1. The van der Waals surface area contributed by atoms with Crippen molar-refractivity contribution in [2.45, 2.75) is 44.6 Å². The monoisotopic (exact) mass is 282 g/mol. The molecule has 3 rings (SSSR count). The number of H-pyrrole nitrogens is 1. The van der Waals surface area contributed by atoms with E-state index >= 15 is 0 Å². The van der Waals surface area contributed by atoms with Crippen LogP contribution in [0.5, 0.6) is 0 Å². The molecule has 3 nitrogen and oxygen atoms in total. The van der Waals surface area contributed by atoms with Gasteiger partial charge in [-0.05, 0) is 36.8 Å². The number of hydrogen-bond donors (Lipinski definition) is 2. The maximum atomic E-state index is 10.8. The molecule has 1 aromatic heterocycles. The Morgan fingerprint density at radius 1 is 1.05 bits per heavy atom. The summed E-state index contributed by atoms with van der Waals surface area (Å²) in [7, 11) is 0. The summed E-state index contributed by atoms with van der Waals surface area (Å²) in [6, 6.07) is 10.1. The van der Waals surface area contributed by atoms with E-state index in [1.54, 1.807) is 6.20 Å². The second kappa shape index (κ2) is 6.72. The molecule has 1 unspecified atom stereocenters. The topological polar surface area (TPSA) is 48.9 Å². The fraction of sp³-hybridized carbons (Fsp3) is 0.389. The van der Waals surface area contributed by atoms with Crippen LogP contribution in [0.25, 0.3) is 11.3 Å². The molecule has 1 aromatic carbocycles. The van der Waals surface area contributed by atoms with Gasteiger partial charge < -0.3 is 5.11 Å². The fourth-order valence-corrected chi connectivity index (χ4v) is 3.00. The Morgan fingerprint density at radius 3 is 2.71 bits per heavy atom.